The minimum absolute atomic E-state index is 0.0345. The van der Waals surface area contributed by atoms with Crippen molar-refractivity contribution < 1.29 is 28.0 Å². The molecule has 2 aliphatic carbocycles. The van der Waals surface area contributed by atoms with Crippen molar-refractivity contribution in [3.8, 4) is 6.07 Å². The van der Waals surface area contributed by atoms with Crippen molar-refractivity contribution in [1.82, 2.24) is 20.9 Å². The van der Waals surface area contributed by atoms with Crippen molar-refractivity contribution in [3.05, 3.63) is 12.2 Å². The molecule has 0 aromatic heterocycles. The first-order valence-electron chi connectivity index (χ1n) is 12.5. The number of alkyl halides is 2. The third kappa shape index (κ3) is 4.82. The molecule has 8 unspecified atom stereocenters. The van der Waals surface area contributed by atoms with E-state index < -0.39 is 47.7 Å². The number of nitrogens with one attached hydrogen (secondary N) is 3. The molecule has 2 saturated heterocycles. The SMILES string of the molecule is CC(C)(C)C(NC(=O)C(F)F)C(=O)N1CC2C3C=CC(C3)C2C1C(=O)NC(C#N)CC1CCNC1=O. The van der Waals surface area contributed by atoms with Crippen LogP contribution in [0.1, 0.15) is 40.0 Å². The van der Waals surface area contributed by atoms with E-state index in [0.29, 0.717) is 13.0 Å². The van der Waals surface area contributed by atoms with Crippen LogP contribution in [0, 0.1) is 46.3 Å². The van der Waals surface area contributed by atoms with Gasteiger partial charge in [-0.3, -0.25) is 19.2 Å². The molecule has 3 fully saturated rings. The van der Waals surface area contributed by atoms with Crippen LogP contribution in [0.4, 0.5) is 8.78 Å². The fourth-order valence-corrected chi connectivity index (χ4v) is 6.36. The van der Waals surface area contributed by atoms with E-state index in [9.17, 15) is 33.2 Å². The van der Waals surface area contributed by atoms with Gasteiger partial charge in [-0.05, 0) is 48.3 Å². The number of nitrogens with zero attached hydrogens (tertiary/aromatic N) is 2. The van der Waals surface area contributed by atoms with E-state index >= 15 is 0 Å². The molecular formula is C25H33F2N5O4. The smallest absolute Gasteiger partial charge is 0.315 e. The highest BCUT2D eigenvalue weighted by molar-refractivity contribution is 5.94. The van der Waals surface area contributed by atoms with Crippen LogP contribution in [0.3, 0.4) is 0 Å². The molecule has 1 saturated carbocycles. The average Bonchev–Trinajstić information content (AvgIpc) is 3.57. The highest BCUT2D eigenvalue weighted by Crippen LogP contribution is 2.54. The summed E-state index contributed by atoms with van der Waals surface area (Å²) in [6, 6.07) is -1.01. The van der Waals surface area contributed by atoms with E-state index in [1.54, 1.807) is 20.8 Å². The Morgan fingerprint density at radius 3 is 2.50 bits per heavy atom. The zero-order valence-corrected chi connectivity index (χ0v) is 20.7. The van der Waals surface area contributed by atoms with Gasteiger partial charge in [0.1, 0.15) is 18.1 Å². The molecule has 9 nitrogen and oxygen atoms in total. The van der Waals surface area contributed by atoms with Gasteiger partial charge in [-0.25, -0.2) is 0 Å². The number of fused-ring (bicyclic) bond motifs is 5. The lowest BCUT2D eigenvalue weighted by molar-refractivity contribution is -0.146. The van der Waals surface area contributed by atoms with Crippen LogP contribution >= 0.6 is 0 Å². The van der Waals surface area contributed by atoms with Gasteiger partial charge < -0.3 is 20.9 Å². The number of hydrogen-bond acceptors (Lipinski definition) is 5. The van der Waals surface area contributed by atoms with Crippen molar-refractivity contribution >= 4 is 23.6 Å². The number of halogens is 2. The fraction of sp³-hybridized carbons (Fsp3) is 0.720. The number of nitriles is 1. The van der Waals surface area contributed by atoms with Crippen LogP contribution < -0.4 is 16.0 Å². The Hall–Kier alpha value is -3.03. The molecule has 4 aliphatic rings. The van der Waals surface area contributed by atoms with E-state index in [2.05, 4.69) is 34.2 Å². The Labute approximate surface area is 209 Å². The molecule has 4 amide bonds. The lowest BCUT2D eigenvalue weighted by Crippen LogP contribution is -2.60. The molecule has 2 heterocycles. The van der Waals surface area contributed by atoms with Crippen molar-refractivity contribution in [2.24, 2.45) is 35.0 Å². The second kappa shape index (κ2) is 9.79. The maximum absolute atomic E-state index is 13.8. The summed E-state index contributed by atoms with van der Waals surface area (Å²) in [7, 11) is 0. The maximum atomic E-state index is 13.8. The third-order valence-corrected chi connectivity index (χ3v) is 8.10. The van der Waals surface area contributed by atoms with Gasteiger partial charge in [0.05, 0.1) is 6.07 Å². The molecule has 8 atom stereocenters. The van der Waals surface area contributed by atoms with E-state index in [4.69, 9.17) is 0 Å². The minimum atomic E-state index is -3.27. The van der Waals surface area contributed by atoms with Crippen molar-refractivity contribution in [2.75, 3.05) is 13.1 Å². The normalized spacial score (nSPS) is 32.1. The van der Waals surface area contributed by atoms with Crippen molar-refractivity contribution in [2.45, 2.75) is 64.6 Å². The number of likely N-dealkylation sites (tertiary alicyclic amines) is 1. The summed E-state index contributed by atoms with van der Waals surface area (Å²) in [6.07, 6.45) is 2.52. The standard InChI is InChI=1S/C25H33F2N5O4/c1-25(2,3)19(31-23(35)20(26)27)24(36)32-11-16-12-4-5-13(8-12)17(16)18(32)22(34)30-15(10-28)9-14-6-7-29-21(14)33/h4-5,12-20H,6-9,11H2,1-3H3,(H,29,33)(H,30,34)(H,31,35). The zero-order valence-electron chi connectivity index (χ0n) is 20.7. The molecule has 0 aromatic rings. The lowest BCUT2D eigenvalue weighted by Gasteiger charge is -2.37. The highest BCUT2D eigenvalue weighted by Gasteiger charge is 2.59. The first kappa shape index (κ1) is 26.0. The number of hydrogen-bond donors (Lipinski definition) is 3. The molecule has 0 aromatic carbocycles. The summed E-state index contributed by atoms with van der Waals surface area (Å²) in [5, 5.41) is 17.3. The van der Waals surface area contributed by atoms with Crippen molar-refractivity contribution in [3.63, 3.8) is 0 Å². The fourth-order valence-electron chi connectivity index (χ4n) is 6.36. The predicted molar refractivity (Wildman–Crippen MR) is 124 cm³/mol. The quantitative estimate of drug-likeness (QED) is 0.444. The lowest BCUT2D eigenvalue weighted by atomic mass is 9.81. The molecular weight excluding hydrogens is 472 g/mol. The predicted octanol–water partition coefficient (Wildman–Crippen LogP) is 0.966. The van der Waals surface area contributed by atoms with Crippen LogP contribution in [0.25, 0.3) is 0 Å². The summed E-state index contributed by atoms with van der Waals surface area (Å²) in [5.74, 6) is -2.96. The molecule has 2 aliphatic heterocycles. The van der Waals surface area contributed by atoms with Gasteiger partial charge in [0.2, 0.25) is 17.7 Å². The van der Waals surface area contributed by atoms with Crippen LogP contribution in [-0.2, 0) is 19.2 Å². The van der Waals surface area contributed by atoms with Crippen LogP contribution in [0.15, 0.2) is 12.2 Å². The Kier molecular flexibility index (Phi) is 7.08. The Balaban J connectivity index is 1.58. The molecule has 4 rings (SSSR count). The van der Waals surface area contributed by atoms with Gasteiger partial charge in [0.15, 0.2) is 0 Å². The van der Waals surface area contributed by atoms with Gasteiger partial charge in [-0.2, -0.15) is 14.0 Å². The number of amides is 4. The first-order chi connectivity index (χ1) is 16.9. The number of carbonyl (C=O) groups excluding carboxylic acids is 4. The van der Waals surface area contributed by atoms with E-state index in [1.807, 2.05) is 0 Å². The second-order valence-electron chi connectivity index (χ2n) is 11.4. The van der Waals surface area contributed by atoms with Crippen LogP contribution in [0.2, 0.25) is 0 Å². The van der Waals surface area contributed by atoms with Gasteiger partial charge in [0, 0.05) is 19.0 Å². The van der Waals surface area contributed by atoms with E-state index in [1.165, 1.54) is 4.90 Å². The first-order valence-corrected chi connectivity index (χ1v) is 12.5. The number of carbonyl (C=O) groups is 4. The van der Waals surface area contributed by atoms with Gasteiger partial charge in [-0.15, -0.1) is 0 Å². The topological polar surface area (TPSA) is 131 Å². The maximum Gasteiger partial charge on any atom is 0.315 e. The summed E-state index contributed by atoms with van der Waals surface area (Å²) in [6.45, 7) is 5.79. The Morgan fingerprint density at radius 1 is 1.22 bits per heavy atom. The largest absolute Gasteiger partial charge is 0.356 e. The zero-order chi connectivity index (χ0) is 26.4. The molecule has 0 radical (unpaired) electrons. The summed E-state index contributed by atoms with van der Waals surface area (Å²) >= 11 is 0. The molecule has 0 spiro atoms. The van der Waals surface area contributed by atoms with Gasteiger partial charge in [-0.1, -0.05) is 32.9 Å². The van der Waals surface area contributed by atoms with Crippen LogP contribution in [-0.4, -0.2) is 66.2 Å². The van der Waals surface area contributed by atoms with E-state index in [-0.39, 0.29) is 48.5 Å². The summed E-state index contributed by atoms with van der Waals surface area (Å²) in [5.41, 5.74) is -0.886. The summed E-state index contributed by atoms with van der Waals surface area (Å²) in [4.78, 5) is 52.6. The van der Waals surface area contributed by atoms with Crippen LogP contribution in [0.5, 0.6) is 0 Å². The third-order valence-electron chi connectivity index (χ3n) is 8.10. The molecule has 196 valence electrons. The minimum Gasteiger partial charge on any atom is -0.356 e. The number of allylic oxidation sites excluding steroid dienone is 2. The van der Waals surface area contributed by atoms with Gasteiger partial charge in [0.25, 0.3) is 5.91 Å². The Bertz CT molecular complexity index is 1000. The number of rotatable bonds is 7. The molecule has 11 heteroatoms. The Morgan fingerprint density at radius 2 is 1.92 bits per heavy atom. The van der Waals surface area contributed by atoms with Gasteiger partial charge >= 0.3 is 6.43 Å². The van der Waals surface area contributed by atoms with Crippen molar-refractivity contribution in [1.29, 1.82) is 5.26 Å². The highest BCUT2D eigenvalue weighted by atomic mass is 19.3. The summed E-state index contributed by atoms with van der Waals surface area (Å²) < 4.78 is 26.1. The average molecular weight is 506 g/mol. The monoisotopic (exact) mass is 505 g/mol. The van der Waals surface area contributed by atoms with E-state index in [0.717, 1.165) is 6.42 Å². The second-order valence-corrected chi connectivity index (χ2v) is 11.4. The molecule has 3 N–H and O–H groups in total. The molecule has 2 bridgehead atoms. The molecule has 36 heavy (non-hydrogen) atoms.